The number of hydrogen-bond donors (Lipinski definition) is 2. The van der Waals surface area contributed by atoms with E-state index >= 15 is 0 Å². The average molecular weight is 383 g/mol. The first-order valence-corrected chi connectivity index (χ1v) is 7.89. The molecule has 3 nitrogen and oxygen atoms in total. The van der Waals surface area contributed by atoms with Gasteiger partial charge in [0, 0.05) is 16.9 Å². The number of aliphatic hydroxyl groups is 1. The zero-order chi connectivity index (χ0) is 12.4. The van der Waals surface area contributed by atoms with Crippen molar-refractivity contribution in [1.82, 2.24) is 5.32 Å². The maximum absolute atomic E-state index is 11.8. The number of halogens is 2. The van der Waals surface area contributed by atoms with Crippen LogP contribution in [0.15, 0.2) is 14.3 Å². The Morgan fingerprint density at radius 1 is 1.53 bits per heavy atom. The molecule has 1 amide bonds. The third kappa shape index (κ3) is 3.30. The number of thiophene rings is 1. The lowest BCUT2D eigenvalue weighted by molar-refractivity contribution is 0.0920. The Morgan fingerprint density at radius 2 is 2.29 bits per heavy atom. The normalized spacial score (nSPS) is 23.9. The minimum atomic E-state index is -0.253. The standard InChI is InChI=1S/C11H13Br2NO2S/c12-7-4-9(17-10(7)13)11(16)14-5-6-2-1-3-8(6)15/h4,6,8,15H,1-3,5H2,(H,14,16). The molecule has 0 aromatic carbocycles. The number of nitrogens with one attached hydrogen (secondary N) is 1. The van der Waals surface area contributed by atoms with Gasteiger partial charge in [-0.15, -0.1) is 11.3 Å². The average Bonchev–Trinajstić information content (AvgIpc) is 2.83. The van der Waals surface area contributed by atoms with Crippen LogP contribution in [0, 0.1) is 5.92 Å². The fourth-order valence-electron chi connectivity index (χ4n) is 2.02. The summed E-state index contributed by atoms with van der Waals surface area (Å²) in [6.07, 6.45) is 2.66. The molecule has 17 heavy (non-hydrogen) atoms. The van der Waals surface area contributed by atoms with Crippen LogP contribution in [0.1, 0.15) is 28.9 Å². The third-order valence-corrected chi connectivity index (χ3v) is 6.27. The molecular weight excluding hydrogens is 370 g/mol. The van der Waals surface area contributed by atoms with Crippen LogP contribution in [0.2, 0.25) is 0 Å². The van der Waals surface area contributed by atoms with Crippen molar-refractivity contribution in [2.45, 2.75) is 25.4 Å². The Hall–Kier alpha value is 0.0900. The summed E-state index contributed by atoms with van der Waals surface area (Å²) in [4.78, 5) is 12.5. The van der Waals surface area contributed by atoms with Crippen molar-refractivity contribution in [2.75, 3.05) is 6.54 Å². The second-order valence-corrected chi connectivity index (χ2v) is 7.43. The summed E-state index contributed by atoms with van der Waals surface area (Å²) in [7, 11) is 0. The maximum atomic E-state index is 11.8. The van der Waals surface area contributed by atoms with E-state index in [4.69, 9.17) is 0 Å². The molecule has 2 atom stereocenters. The molecule has 1 aliphatic carbocycles. The predicted molar refractivity (Wildman–Crippen MR) is 75.4 cm³/mol. The maximum Gasteiger partial charge on any atom is 0.261 e. The summed E-state index contributed by atoms with van der Waals surface area (Å²) in [6, 6.07) is 1.80. The molecule has 1 saturated carbocycles. The van der Waals surface area contributed by atoms with Crippen LogP contribution in [0.4, 0.5) is 0 Å². The topological polar surface area (TPSA) is 49.3 Å². The highest BCUT2D eigenvalue weighted by molar-refractivity contribution is 9.13. The highest BCUT2D eigenvalue weighted by Gasteiger charge is 2.25. The van der Waals surface area contributed by atoms with E-state index in [2.05, 4.69) is 37.2 Å². The Morgan fingerprint density at radius 3 is 2.82 bits per heavy atom. The van der Waals surface area contributed by atoms with Crippen LogP contribution in [0.5, 0.6) is 0 Å². The summed E-state index contributed by atoms with van der Waals surface area (Å²) >= 11 is 8.12. The third-order valence-electron chi connectivity index (χ3n) is 3.01. The van der Waals surface area contributed by atoms with Crippen molar-refractivity contribution in [3.63, 3.8) is 0 Å². The van der Waals surface area contributed by atoms with E-state index in [0.29, 0.717) is 11.4 Å². The smallest absolute Gasteiger partial charge is 0.261 e. The Bertz CT molecular complexity index is 402. The molecule has 2 rings (SSSR count). The number of hydrogen-bond acceptors (Lipinski definition) is 3. The Labute approximate surface area is 121 Å². The van der Waals surface area contributed by atoms with Crippen LogP contribution < -0.4 is 5.32 Å². The van der Waals surface area contributed by atoms with Crippen molar-refractivity contribution in [3.05, 3.63) is 19.2 Å². The lowest BCUT2D eigenvalue weighted by atomic mass is 10.1. The monoisotopic (exact) mass is 381 g/mol. The number of rotatable bonds is 3. The van der Waals surface area contributed by atoms with Gasteiger partial charge in [-0.3, -0.25) is 4.79 Å². The molecule has 1 fully saturated rings. The van der Waals surface area contributed by atoms with E-state index in [-0.39, 0.29) is 17.9 Å². The lowest BCUT2D eigenvalue weighted by Crippen LogP contribution is -2.32. The van der Waals surface area contributed by atoms with Gasteiger partial charge < -0.3 is 10.4 Å². The van der Waals surface area contributed by atoms with Crippen molar-refractivity contribution in [1.29, 1.82) is 0 Å². The molecule has 94 valence electrons. The van der Waals surface area contributed by atoms with Gasteiger partial charge in [-0.05, 0) is 50.8 Å². The highest BCUT2D eigenvalue weighted by atomic mass is 79.9. The van der Waals surface area contributed by atoms with Crippen LogP contribution >= 0.6 is 43.2 Å². The molecule has 6 heteroatoms. The van der Waals surface area contributed by atoms with Gasteiger partial charge in [0.15, 0.2) is 0 Å². The Kier molecular flexibility index (Phi) is 4.63. The first kappa shape index (κ1) is 13.5. The van der Waals surface area contributed by atoms with Crippen molar-refractivity contribution >= 4 is 49.1 Å². The van der Waals surface area contributed by atoms with E-state index < -0.39 is 0 Å². The number of amides is 1. The molecule has 0 radical (unpaired) electrons. The van der Waals surface area contributed by atoms with Crippen molar-refractivity contribution in [3.8, 4) is 0 Å². The first-order valence-electron chi connectivity index (χ1n) is 5.49. The number of carbonyl (C=O) groups is 1. The fraction of sp³-hybridized carbons (Fsp3) is 0.545. The molecular formula is C11H13Br2NO2S. The van der Waals surface area contributed by atoms with E-state index in [9.17, 15) is 9.90 Å². The predicted octanol–water partition coefficient (Wildman–Crippen LogP) is 3.16. The van der Waals surface area contributed by atoms with Crippen LogP contribution in [0.25, 0.3) is 0 Å². The number of carbonyl (C=O) groups excluding carboxylic acids is 1. The molecule has 0 aliphatic heterocycles. The van der Waals surface area contributed by atoms with E-state index in [0.717, 1.165) is 27.5 Å². The molecule has 0 saturated heterocycles. The summed E-state index contributed by atoms with van der Waals surface area (Å²) in [5, 5.41) is 12.5. The lowest BCUT2D eigenvalue weighted by Gasteiger charge is -2.14. The molecule has 2 N–H and O–H groups in total. The summed E-state index contributed by atoms with van der Waals surface area (Å²) < 4.78 is 1.82. The van der Waals surface area contributed by atoms with Gasteiger partial charge in [0.1, 0.15) is 0 Å². The minimum Gasteiger partial charge on any atom is -0.393 e. The van der Waals surface area contributed by atoms with Crippen molar-refractivity contribution in [2.24, 2.45) is 5.92 Å². The van der Waals surface area contributed by atoms with Crippen LogP contribution in [-0.4, -0.2) is 23.7 Å². The second-order valence-electron chi connectivity index (χ2n) is 4.20. The van der Waals surface area contributed by atoms with Crippen molar-refractivity contribution < 1.29 is 9.90 Å². The van der Waals surface area contributed by atoms with E-state index in [1.54, 1.807) is 6.07 Å². The van der Waals surface area contributed by atoms with Gasteiger partial charge in [0.2, 0.25) is 0 Å². The second kappa shape index (κ2) is 5.82. The van der Waals surface area contributed by atoms with Gasteiger partial charge >= 0.3 is 0 Å². The molecule has 0 spiro atoms. The molecule has 1 aromatic heterocycles. The zero-order valence-electron chi connectivity index (χ0n) is 9.08. The highest BCUT2D eigenvalue weighted by Crippen LogP contribution is 2.32. The zero-order valence-corrected chi connectivity index (χ0v) is 13.1. The summed E-state index contributed by atoms with van der Waals surface area (Å²) in [5.74, 6) is 0.145. The van der Waals surface area contributed by atoms with Gasteiger partial charge in [0.05, 0.1) is 14.8 Å². The van der Waals surface area contributed by atoms with E-state index in [1.165, 1.54) is 11.3 Å². The Balaban J connectivity index is 1.89. The number of aliphatic hydroxyl groups excluding tert-OH is 1. The first-order chi connectivity index (χ1) is 8.08. The quantitative estimate of drug-likeness (QED) is 0.843. The van der Waals surface area contributed by atoms with Gasteiger partial charge in [-0.1, -0.05) is 6.42 Å². The van der Waals surface area contributed by atoms with E-state index in [1.807, 2.05) is 0 Å². The van der Waals surface area contributed by atoms with Gasteiger partial charge in [0.25, 0.3) is 5.91 Å². The SMILES string of the molecule is O=C(NCC1CCCC1O)c1cc(Br)c(Br)s1. The molecule has 0 bridgehead atoms. The van der Waals surface area contributed by atoms with Crippen LogP contribution in [-0.2, 0) is 0 Å². The minimum absolute atomic E-state index is 0.0690. The summed E-state index contributed by atoms with van der Waals surface area (Å²) in [5.41, 5.74) is 0. The molecule has 2 unspecified atom stereocenters. The largest absolute Gasteiger partial charge is 0.393 e. The van der Waals surface area contributed by atoms with Gasteiger partial charge in [-0.25, -0.2) is 0 Å². The summed E-state index contributed by atoms with van der Waals surface area (Å²) in [6.45, 7) is 0.563. The fourth-order valence-corrected chi connectivity index (χ4v) is 3.98. The molecule has 1 heterocycles. The molecule has 1 aliphatic rings. The van der Waals surface area contributed by atoms with Gasteiger partial charge in [-0.2, -0.15) is 0 Å². The van der Waals surface area contributed by atoms with Crippen LogP contribution in [0.3, 0.4) is 0 Å². The molecule has 1 aromatic rings.